The van der Waals surface area contributed by atoms with Crippen LogP contribution in [0.1, 0.15) is 25.7 Å². The van der Waals surface area contributed by atoms with E-state index >= 15 is 0 Å². The van der Waals surface area contributed by atoms with Gasteiger partial charge in [-0.05, 0) is 42.5 Å². The standard InChI is InChI=1S/C13H15N3S/c1-3-13(4-5-13)8-16(6-1)11-10-2-7-17-12(10)15-9-14-11/h2,7,9H,1,3-6,8H2. The summed E-state index contributed by atoms with van der Waals surface area (Å²) in [5.74, 6) is 1.15. The van der Waals surface area contributed by atoms with Crippen LogP contribution in [0.2, 0.25) is 0 Å². The van der Waals surface area contributed by atoms with Crippen molar-refractivity contribution in [3.05, 3.63) is 17.8 Å². The molecule has 0 bridgehead atoms. The summed E-state index contributed by atoms with van der Waals surface area (Å²) in [6.45, 7) is 2.36. The van der Waals surface area contributed by atoms with E-state index in [-0.39, 0.29) is 0 Å². The van der Waals surface area contributed by atoms with Crippen LogP contribution in [-0.4, -0.2) is 23.1 Å². The molecular formula is C13H15N3S. The van der Waals surface area contributed by atoms with Crippen molar-refractivity contribution in [3.63, 3.8) is 0 Å². The number of hydrogen-bond donors (Lipinski definition) is 0. The summed E-state index contributed by atoms with van der Waals surface area (Å²) in [6, 6.07) is 2.16. The van der Waals surface area contributed by atoms with Crippen LogP contribution in [0.25, 0.3) is 10.2 Å². The molecule has 0 unspecified atom stereocenters. The van der Waals surface area contributed by atoms with Crippen molar-refractivity contribution in [1.29, 1.82) is 0 Å². The lowest BCUT2D eigenvalue weighted by Gasteiger charge is -2.34. The number of fused-ring (bicyclic) bond motifs is 1. The Labute approximate surface area is 104 Å². The van der Waals surface area contributed by atoms with E-state index in [0.29, 0.717) is 5.41 Å². The van der Waals surface area contributed by atoms with Gasteiger partial charge in [-0.1, -0.05) is 0 Å². The first-order valence-electron chi connectivity index (χ1n) is 6.30. The van der Waals surface area contributed by atoms with Crippen LogP contribution in [-0.2, 0) is 0 Å². The van der Waals surface area contributed by atoms with Gasteiger partial charge in [0.25, 0.3) is 0 Å². The first kappa shape index (κ1) is 9.83. The third-order valence-electron chi connectivity index (χ3n) is 4.16. The molecule has 4 rings (SSSR count). The minimum atomic E-state index is 0.644. The molecule has 1 aliphatic carbocycles. The third kappa shape index (κ3) is 1.54. The number of piperidine rings is 1. The van der Waals surface area contributed by atoms with Gasteiger partial charge in [-0.25, -0.2) is 9.97 Å². The molecule has 17 heavy (non-hydrogen) atoms. The summed E-state index contributed by atoms with van der Waals surface area (Å²) in [5.41, 5.74) is 0.644. The van der Waals surface area contributed by atoms with Crippen LogP contribution >= 0.6 is 11.3 Å². The summed E-state index contributed by atoms with van der Waals surface area (Å²) in [4.78, 5) is 12.4. The van der Waals surface area contributed by atoms with Crippen molar-refractivity contribution in [2.45, 2.75) is 25.7 Å². The number of anilines is 1. The molecule has 1 spiro atoms. The highest BCUT2D eigenvalue weighted by atomic mass is 32.1. The van der Waals surface area contributed by atoms with Crippen molar-refractivity contribution in [3.8, 4) is 0 Å². The molecule has 1 saturated carbocycles. The molecule has 0 aromatic carbocycles. The van der Waals surface area contributed by atoms with Crippen molar-refractivity contribution >= 4 is 27.4 Å². The normalized spacial score (nSPS) is 22.2. The predicted octanol–water partition coefficient (Wildman–Crippen LogP) is 3.07. The Bertz CT molecular complexity index is 559. The van der Waals surface area contributed by atoms with Crippen molar-refractivity contribution in [2.24, 2.45) is 5.41 Å². The largest absolute Gasteiger partial charge is 0.355 e. The van der Waals surface area contributed by atoms with Crippen LogP contribution in [0.3, 0.4) is 0 Å². The Morgan fingerprint density at radius 1 is 1.24 bits per heavy atom. The molecule has 88 valence electrons. The molecule has 0 N–H and O–H groups in total. The van der Waals surface area contributed by atoms with Gasteiger partial charge in [-0.3, -0.25) is 0 Å². The Morgan fingerprint density at radius 2 is 2.18 bits per heavy atom. The van der Waals surface area contributed by atoms with E-state index in [2.05, 4.69) is 26.3 Å². The van der Waals surface area contributed by atoms with Gasteiger partial charge in [0, 0.05) is 13.1 Å². The van der Waals surface area contributed by atoms with Crippen LogP contribution in [0, 0.1) is 5.41 Å². The number of rotatable bonds is 1. The average Bonchev–Trinajstić information content (AvgIpc) is 2.94. The summed E-state index contributed by atoms with van der Waals surface area (Å²) in [6.07, 6.45) is 7.28. The topological polar surface area (TPSA) is 29.0 Å². The van der Waals surface area contributed by atoms with E-state index in [9.17, 15) is 0 Å². The fourth-order valence-electron chi connectivity index (χ4n) is 3.00. The van der Waals surface area contributed by atoms with E-state index in [1.54, 1.807) is 17.7 Å². The Balaban J connectivity index is 1.75. The zero-order chi connectivity index (χ0) is 11.3. The molecule has 0 amide bonds. The second-order valence-corrected chi connectivity index (χ2v) is 6.26. The molecule has 3 nitrogen and oxygen atoms in total. The van der Waals surface area contributed by atoms with Crippen LogP contribution in [0.15, 0.2) is 17.8 Å². The van der Waals surface area contributed by atoms with Gasteiger partial charge in [-0.2, -0.15) is 0 Å². The van der Waals surface area contributed by atoms with Gasteiger partial charge in [0.15, 0.2) is 0 Å². The minimum absolute atomic E-state index is 0.644. The highest BCUT2D eigenvalue weighted by Gasteiger charge is 2.45. The quantitative estimate of drug-likeness (QED) is 0.773. The van der Waals surface area contributed by atoms with Gasteiger partial charge in [0.2, 0.25) is 0 Å². The fraction of sp³-hybridized carbons (Fsp3) is 0.538. The summed E-state index contributed by atoms with van der Waals surface area (Å²) >= 11 is 1.70. The van der Waals surface area contributed by atoms with Gasteiger partial charge in [-0.15, -0.1) is 11.3 Å². The smallest absolute Gasteiger partial charge is 0.140 e. The molecule has 2 aliphatic rings. The van der Waals surface area contributed by atoms with Crippen molar-refractivity contribution < 1.29 is 0 Å². The van der Waals surface area contributed by atoms with E-state index in [0.717, 1.165) is 17.2 Å². The lowest BCUT2D eigenvalue weighted by molar-refractivity contribution is 0.394. The molecule has 2 fully saturated rings. The maximum atomic E-state index is 4.52. The first-order chi connectivity index (χ1) is 8.36. The second kappa shape index (κ2) is 3.42. The van der Waals surface area contributed by atoms with Crippen molar-refractivity contribution in [2.75, 3.05) is 18.0 Å². The molecule has 4 heteroatoms. The van der Waals surface area contributed by atoms with E-state index in [4.69, 9.17) is 0 Å². The molecule has 1 aliphatic heterocycles. The fourth-order valence-corrected chi connectivity index (χ4v) is 3.73. The molecule has 1 saturated heterocycles. The third-order valence-corrected chi connectivity index (χ3v) is 4.98. The monoisotopic (exact) mass is 245 g/mol. The Kier molecular flexibility index (Phi) is 1.98. The van der Waals surface area contributed by atoms with Gasteiger partial charge in [0.1, 0.15) is 17.0 Å². The lowest BCUT2D eigenvalue weighted by atomic mass is 9.95. The van der Waals surface area contributed by atoms with E-state index < -0.39 is 0 Å². The predicted molar refractivity (Wildman–Crippen MR) is 70.5 cm³/mol. The molecule has 0 atom stereocenters. The molecular weight excluding hydrogens is 230 g/mol. The van der Waals surface area contributed by atoms with Gasteiger partial charge >= 0.3 is 0 Å². The number of nitrogens with zero attached hydrogens (tertiary/aromatic N) is 3. The maximum absolute atomic E-state index is 4.52. The Morgan fingerprint density at radius 3 is 3.06 bits per heavy atom. The molecule has 2 aromatic heterocycles. The highest BCUT2D eigenvalue weighted by molar-refractivity contribution is 7.16. The minimum Gasteiger partial charge on any atom is -0.355 e. The molecule has 3 heterocycles. The SMILES string of the molecule is c1nc(N2CCCC3(CC3)C2)c2ccsc2n1. The van der Waals surface area contributed by atoms with Gasteiger partial charge < -0.3 is 4.90 Å². The maximum Gasteiger partial charge on any atom is 0.140 e. The first-order valence-corrected chi connectivity index (χ1v) is 7.18. The molecule has 0 radical (unpaired) electrons. The summed E-state index contributed by atoms with van der Waals surface area (Å²) in [5, 5.41) is 3.34. The average molecular weight is 245 g/mol. The zero-order valence-electron chi connectivity index (χ0n) is 9.72. The number of thiophene rings is 1. The van der Waals surface area contributed by atoms with Crippen LogP contribution in [0.5, 0.6) is 0 Å². The summed E-state index contributed by atoms with van der Waals surface area (Å²) in [7, 11) is 0. The van der Waals surface area contributed by atoms with E-state index in [1.165, 1.54) is 37.6 Å². The van der Waals surface area contributed by atoms with Crippen LogP contribution in [0.4, 0.5) is 5.82 Å². The van der Waals surface area contributed by atoms with E-state index in [1.807, 2.05) is 0 Å². The Hall–Kier alpha value is -1.16. The molecule has 2 aromatic rings. The number of hydrogen-bond acceptors (Lipinski definition) is 4. The summed E-state index contributed by atoms with van der Waals surface area (Å²) < 4.78 is 0. The lowest BCUT2D eigenvalue weighted by Crippen LogP contribution is -2.37. The van der Waals surface area contributed by atoms with Gasteiger partial charge in [0.05, 0.1) is 5.39 Å². The van der Waals surface area contributed by atoms with Crippen molar-refractivity contribution in [1.82, 2.24) is 9.97 Å². The van der Waals surface area contributed by atoms with Crippen LogP contribution < -0.4 is 4.90 Å². The second-order valence-electron chi connectivity index (χ2n) is 5.36. The highest BCUT2D eigenvalue weighted by Crippen LogP contribution is 2.52. The number of aromatic nitrogens is 2. The zero-order valence-corrected chi connectivity index (χ0v) is 10.5.